The topological polar surface area (TPSA) is 12.0 Å². The fourth-order valence-electron chi connectivity index (χ4n) is 2.72. The SMILES string of the molecule is CC(C)CNc1ccc2c3c(cccc13)CC2. The Labute approximate surface area is 103 Å². The van der Waals surface area contributed by atoms with E-state index in [0.29, 0.717) is 5.92 Å². The highest BCUT2D eigenvalue weighted by molar-refractivity contribution is 5.99. The zero-order valence-corrected chi connectivity index (χ0v) is 10.6. The summed E-state index contributed by atoms with van der Waals surface area (Å²) in [5.74, 6) is 0.679. The highest BCUT2D eigenvalue weighted by atomic mass is 14.9. The van der Waals surface area contributed by atoms with Crippen molar-refractivity contribution >= 4 is 16.5 Å². The first-order valence-corrected chi connectivity index (χ1v) is 6.53. The van der Waals surface area contributed by atoms with Gasteiger partial charge in [0.2, 0.25) is 0 Å². The van der Waals surface area contributed by atoms with Crippen LogP contribution in [-0.2, 0) is 12.8 Å². The molecule has 1 N–H and O–H groups in total. The quantitative estimate of drug-likeness (QED) is 0.832. The highest BCUT2D eigenvalue weighted by Crippen LogP contribution is 2.34. The van der Waals surface area contributed by atoms with Crippen LogP contribution in [0.15, 0.2) is 30.3 Å². The van der Waals surface area contributed by atoms with Crippen molar-refractivity contribution in [2.45, 2.75) is 26.7 Å². The lowest BCUT2D eigenvalue weighted by atomic mass is 10.0. The minimum absolute atomic E-state index is 0.679. The second-order valence-electron chi connectivity index (χ2n) is 5.39. The first kappa shape index (κ1) is 10.6. The maximum Gasteiger partial charge on any atom is 0.0420 e. The van der Waals surface area contributed by atoms with E-state index in [0.717, 1.165) is 6.54 Å². The largest absolute Gasteiger partial charge is 0.384 e. The summed E-state index contributed by atoms with van der Waals surface area (Å²) < 4.78 is 0. The molecule has 0 saturated carbocycles. The molecule has 0 fully saturated rings. The average Bonchev–Trinajstić information content (AvgIpc) is 2.74. The normalized spacial score (nSPS) is 13.6. The van der Waals surface area contributed by atoms with Crippen molar-refractivity contribution in [2.75, 3.05) is 11.9 Å². The number of aryl methyl sites for hydroxylation is 2. The standard InChI is InChI=1S/C16H19N/c1-11(2)10-17-15-9-8-13-7-6-12-4-3-5-14(15)16(12)13/h3-5,8-9,11,17H,6-7,10H2,1-2H3. The van der Waals surface area contributed by atoms with E-state index in [1.807, 2.05) is 0 Å². The number of benzene rings is 2. The van der Waals surface area contributed by atoms with Crippen LogP contribution in [0.25, 0.3) is 10.8 Å². The van der Waals surface area contributed by atoms with Gasteiger partial charge in [0.05, 0.1) is 0 Å². The molecular weight excluding hydrogens is 206 g/mol. The molecule has 2 aromatic rings. The molecule has 1 aliphatic carbocycles. The number of nitrogens with one attached hydrogen (secondary N) is 1. The molecule has 0 aromatic heterocycles. The summed E-state index contributed by atoms with van der Waals surface area (Å²) in [6, 6.07) is 11.2. The number of hydrogen-bond acceptors (Lipinski definition) is 1. The van der Waals surface area contributed by atoms with Crippen molar-refractivity contribution in [1.82, 2.24) is 0 Å². The molecule has 0 unspecified atom stereocenters. The lowest BCUT2D eigenvalue weighted by molar-refractivity contribution is 0.689. The third-order valence-electron chi connectivity index (χ3n) is 3.58. The van der Waals surface area contributed by atoms with Gasteiger partial charge >= 0.3 is 0 Å². The summed E-state index contributed by atoms with van der Waals surface area (Å²) in [6.07, 6.45) is 2.42. The third kappa shape index (κ3) is 1.80. The van der Waals surface area contributed by atoms with Crippen LogP contribution < -0.4 is 5.32 Å². The van der Waals surface area contributed by atoms with Gasteiger partial charge in [-0.1, -0.05) is 38.1 Å². The molecule has 17 heavy (non-hydrogen) atoms. The van der Waals surface area contributed by atoms with Gasteiger partial charge in [0.25, 0.3) is 0 Å². The Balaban J connectivity index is 2.09. The van der Waals surface area contributed by atoms with E-state index >= 15 is 0 Å². The van der Waals surface area contributed by atoms with E-state index in [-0.39, 0.29) is 0 Å². The fourth-order valence-corrected chi connectivity index (χ4v) is 2.72. The van der Waals surface area contributed by atoms with E-state index in [1.165, 1.54) is 40.4 Å². The summed E-state index contributed by atoms with van der Waals surface area (Å²) in [5, 5.41) is 6.47. The van der Waals surface area contributed by atoms with Crippen LogP contribution in [0.4, 0.5) is 5.69 Å². The Bertz CT molecular complexity index is 544. The fraction of sp³-hybridized carbons (Fsp3) is 0.375. The Morgan fingerprint density at radius 2 is 1.82 bits per heavy atom. The van der Waals surface area contributed by atoms with Crippen molar-refractivity contribution in [3.05, 3.63) is 41.5 Å². The molecule has 0 radical (unpaired) electrons. The lowest BCUT2D eigenvalue weighted by Gasteiger charge is -2.13. The third-order valence-corrected chi connectivity index (χ3v) is 3.58. The maximum absolute atomic E-state index is 3.57. The zero-order valence-electron chi connectivity index (χ0n) is 10.6. The highest BCUT2D eigenvalue weighted by Gasteiger charge is 2.15. The molecule has 0 aliphatic heterocycles. The van der Waals surface area contributed by atoms with E-state index in [1.54, 1.807) is 0 Å². The van der Waals surface area contributed by atoms with Gasteiger partial charge in [-0.25, -0.2) is 0 Å². The lowest BCUT2D eigenvalue weighted by Crippen LogP contribution is -2.08. The average molecular weight is 225 g/mol. The summed E-state index contributed by atoms with van der Waals surface area (Å²) in [4.78, 5) is 0. The van der Waals surface area contributed by atoms with Crippen LogP contribution in [0.1, 0.15) is 25.0 Å². The molecule has 0 atom stereocenters. The van der Waals surface area contributed by atoms with Crippen molar-refractivity contribution in [2.24, 2.45) is 5.92 Å². The number of hydrogen-bond donors (Lipinski definition) is 1. The van der Waals surface area contributed by atoms with Crippen LogP contribution in [-0.4, -0.2) is 6.54 Å². The monoisotopic (exact) mass is 225 g/mol. The Hall–Kier alpha value is -1.50. The van der Waals surface area contributed by atoms with Crippen LogP contribution >= 0.6 is 0 Å². The van der Waals surface area contributed by atoms with Gasteiger partial charge in [-0.15, -0.1) is 0 Å². The molecule has 3 rings (SSSR count). The first-order chi connectivity index (χ1) is 8.25. The second-order valence-corrected chi connectivity index (χ2v) is 5.39. The van der Waals surface area contributed by atoms with Crippen LogP contribution in [0.5, 0.6) is 0 Å². The van der Waals surface area contributed by atoms with Gasteiger partial charge in [-0.3, -0.25) is 0 Å². The molecule has 1 nitrogen and oxygen atoms in total. The molecule has 88 valence electrons. The molecule has 0 saturated heterocycles. The number of anilines is 1. The van der Waals surface area contributed by atoms with Crippen molar-refractivity contribution < 1.29 is 0 Å². The van der Waals surface area contributed by atoms with Gasteiger partial charge in [0.1, 0.15) is 0 Å². The Morgan fingerprint density at radius 3 is 2.59 bits per heavy atom. The molecule has 1 aliphatic rings. The Kier molecular flexibility index (Phi) is 2.54. The van der Waals surface area contributed by atoms with Gasteiger partial charge < -0.3 is 5.32 Å². The molecule has 1 heteroatoms. The van der Waals surface area contributed by atoms with Gasteiger partial charge in [0, 0.05) is 17.6 Å². The smallest absolute Gasteiger partial charge is 0.0420 e. The number of rotatable bonds is 3. The zero-order chi connectivity index (χ0) is 11.8. The van der Waals surface area contributed by atoms with Crippen molar-refractivity contribution in [1.29, 1.82) is 0 Å². The van der Waals surface area contributed by atoms with Gasteiger partial charge in [-0.05, 0) is 41.3 Å². The molecular formula is C16H19N. The van der Waals surface area contributed by atoms with E-state index in [2.05, 4.69) is 49.5 Å². The molecule has 0 bridgehead atoms. The first-order valence-electron chi connectivity index (χ1n) is 6.53. The molecule has 2 aromatic carbocycles. The maximum atomic E-state index is 3.57. The summed E-state index contributed by atoms with van der Waals surface area (Å²) >= 11 is 0. The van der Waals surface area contributed by atoms with E-state index in [9.17, 15) is 0 Å². The van der Waals surface area contributed by atoms with Crippen LogP contribution in [0, 0.1) is 5.92 Å². The summed E-state index contributed by atoms with van der Waals surface area (Å²) in [6.45, 7) is 5.53. The van der Waals surface area contributed by atoms with Crippen molar-refractivity contribution in [3.63, 3.8) is 0 Å². The molecule has 0 spiro atoms. The van der Waals surface area contributed by atoms with Crippen molar-refractivity contribution in [3.8, 4) is 0 Å². The predicted molar refractivity (Wildman–Crippen MR) is 74.7 cm³/mol. The predicted octanol–water partition coefficient (Wildman–Crippen LogP) is 4.01. The molecule has 0 amide bonds. The van der Waals surface area contributed by atoms with E-state index in [4.69, 9.17) is 0 Å². The summed E-state index contributed by atoms with van der Waals surface area (Å²) in [7, 11) is 0. The van der Waals surface area contributed by atoms with Crippen LogP contribution in [0.2, 0.25) is 0 Å². The van der Waals surface area contributed by atoms with Gasteiger partial charge in [0.15, 0.2) is 0 Å². The molecule has 0 heterocycles. The van der Waals surface area contributed by atoms with Crippen LogP contribution in [0.3, 0.4) is 0 Å². The minimum Gasteiger partial charge on any atom is -0.384 e. The second kappa shape index (κ2) is 4.06. The van der Waals surface area contributed by atoms with E-state index < -0.39 is 0 Å². The van der Waals surface area contributed by atoms with Gasteiger partial charge in [-0.2, -0.15) is 0 Å². The minimum atomic E-state index is 0.679. The summed E-state index contributed by atoms with van der Waals surface area (Å²) in [5.41, 5.74) is 4.33. The Morgan fingerprint density at radius 1 is 1.06 bits per heavy atom.